The number of hydrogen-bond donors (Lipinski definition) is 1. The zero-order valence-corrected chi connectivity index (χ0v) is 13.1. The first-order valence-electron chi connectivity index (χ1n) is 7.94. The van der Waals surface area contributed by atoms with E-state index in [4.69, 9.17) is 4.74 Å². The summed E-state index contributed by atoms with van der Waals surface area (Å²) in [7, 11) is 0. The number of nitrogens with one attached hydrogen (secondary N) is 1. The predicted octanol–water partition coefficient (Wildman–Crippen LogP) is 2.80. The van der Waals surface area contributed by atoms with E-state index < -0.39 is 0 Å². The first kappa shape index (κ1) is 14.0. The van der Waals surface area contributed by atoms with Gasteiger partial charge in [-0.25, -0.2) is 4.98 Å². The molecule has 1 saturated carbocycles. The van der Waals surface area contributed by atoms with Gasteiger partial charge in [0.05, 0.1) is 6.54 Å². The summed E-state index contributed by atoms with van der Waals surface area (Å²) >= 11 is 0. The lowest BCUT2D eigenvalue weighted by atomic mass is 10.2. The van der Waals surface area contributed by atoms with Crippen LogP contribution in [0.1, 0.15) is 30.1 Å². The Bertz CT molecular complexity index is 807. The van der Waals surface area contributed by atoms with Gasteiger partial charge < -0.3 is 10.1 Å². The standard InChI is InChI=1S/C17H19N5O/c1-12-2-6-14(7-3-12)23-11-9-19-15-17-21-20-16(13-4-5-13)22(17)10-8-18-15/h2-3,6-8,10,13H,4-5,9,11H2,1H3,(H,18,19). The summed E-state index contributed by atoms with van der Waals surface area (Å²) in [5, 5.41) is 11.9. The summed E-state index contributed by atoms with van der Waals surface area (Å²) < 4.78 is 7.75. The number of aromatic nitrogens is 4. The van der Waals surface area contributed by atoms with Crippen LogP contribution in [-0.4, -0.2) is 32.7 Å². The molecule has 0 atom stereocenters. The molecule has 0 saturated heterocycles. The van der Waals surface area contributed by atoms with Gasteiger partial charge in [0, 0.05) is 18.3 Å². The van der Waals surface area contributed by atoms with E-state index in [1.165, 1.54) is 18.4 Å². The number of rotatable bonds is 6. The van der Waals surface area contributed by atoms with E-state index in [9.17, 15) is 0 Å². The molecule has 118 valence electrons. The minimum atomic E-state index is 0.560. The Balaban J connectivity index is 1.39. The second kappa shape index (κ2) is 5.87. The number of aryl methyl sites for hydroxylation is 1. The fourth-order valence-corrected chi connectivity index (χ4v) is 2.56. The summed E-state index contributed by atoms with van der Waals surface area (Å²) in [5.41, 5.74) is 2.01. The number of hydrogen-bond acceptors (Lipinski definition) is 5. The van der Waals surface area contributed by atoms with Crippen LogP contribution in [0.5, 0.6) is 5.75 Å². The van der Waals surface area contributed by atoms with Gasteiger partial charge >= 0.3 is 0 Å². The van der Waals surface area contributed by atoms with Crippen molar-refractivity contribution >= 4 is 11.5 Å². The van der Waals surface area contributed by atoms with Crippen LogP contribution in [0.25, 0.3) is 5.65 Å². The molecule has 0 spiro atoms. The molecule has 4 rings (SSSR count). The van der Waals surface area contributed by atoms with Gasteiger partial charge in [-0.1, -0.05) is 17.7 Å². The number of nitrogens with zero attached hydrogens (tertiary/aromatic N) is 4. The Morgan fingerprint density at radius 3 is 2.83 bits per heavy atom. The highest BCUT2D eigenvalue weighted by atomic mass is 16.5. The second-order valence-corrected chi connectivity index (χ2v) is 5.89. The molecule has 0 unspecified atom stereocenters. The molecule has 2 heterocycles. The van der Waals surface area contributed by atoms with Gasteiger partial charge in [-0.3, -0.25) is 4.40 Å². The third-order valence-corrected chi connectivity index (χ3v) is 3.98. The monoisotopic (exact) mass is 309 g/mol. The minimum Gasteiger partial charge on any atom is -0.492 e. The first-order chi connectivity index (χ1) is 11.3. The van der Waals surface area contributed by atoms with Crippen LogP contribution in [0.3, 0.4) is 0 Å². The molecule has 1 N–H and O–H groups in total. The van der Waals surface area contributed by atoms with Gasteiger partial charge in [-0.05, 0) is 31.9 Å². The van der Waals surface area contributed by atoms with E-state index in [2.05, 4.69) is 27.4 Å². The lowest BCUT2D eigenvalue weighted by Gasteiger charge is -2.09. The van der Waals surface area contributed by atoms with Crippen LogP contribution in [-0.2, 0) is 0 Å². The molecule has 1 fully saturated rings. The van der Waals surface area contributed by atoms with Gasteiger partial charge in [0.2, 0.25) is 5.65 Å². The van der Waals surface area contributed by atoms with Crippen molar-refractivity contribution in [3.8, 4) is 5.75 Å². The first-order valence-corrected chi connectivity index (χ1v) is 7.94. The lowest BCUT2D eigenvalue weighted by molar-refractivity contribution is 0.332. The highest BCUT2D eigenvalue weighted by molar-refractivity contribution is 5.62. The van der Waals surface area contributed by atoms with Crippen LogP contribution in [0.4, 0.5) is 5.82 Å². The largest absolute Gasteiger partial charge is 0.492 e. The predicted molar refractivity (Wildman–Crippen MR) is 87.9 cm³/mol. The highest BCUT2D eigenvalue weighted by Gasteiger charge is 2.29. The Labute approximate surface area is 134 Å². The van der Waals surface area contributed by atoms with Crippen molar-refractivity contribution in [3.05, 3.63) is 48.0 Å². The van der Waals surface area contributed by atoms with Crippen molar-refractivity contribution in [2.75, 3.05) is 18.5 Å². The Morgan fingerprint density at radius 1 is 1.22 bits per heavy atom. The van der Waals surface area contributed by atoms with E-state index in [-0.39, 0.29) is 0 Å². The highest BCUT2D eigenvalue weighted by Crippen LogP contribution is 2.39. The van der Waals surface area contributed by atoms with Gasteiger partial charge in [0.15, 0.2) is 5.82 Å². The fourth-order valence-electron chi connectivity index (χ4n) is 2.56. The SMILES string of the molecule is Cc1ccc(OCCNc2nccn3c(C4CC4)nnc23)cc1. The van der Waals surface area contributed by atoms with Crippen LogP contribution >= 0.6 is 0 Å². The van der Waals surface area contributed by atoms with E-state index in [1.54, 1.807) is 6.20 Å². The van der Waals surface area contributed by atoms with E-state index in [0.29, 0.717) is 19.1 Å². The number of benzene rings is 1. The second-order valence-electron chi connectivity index (χ2n) is 5.89. The summed E-state index contributed by atoms with van der Waals surface area (Å²) in [5.74, 6) is 3.23. The molecule has 0 bridgehead atoms. The molecule has 0 amide bonds. The molecular weight excluding hydrogens is 290 g/mol. The Morgan fingerprint density at radius 2 is 2.04 bits per heavy atom. The maximum atomic E-state index is 5.72. The van der Waals surface area contributed by atoms with Crippen molar-refractivity contribution in [2.45, 2.75) is 25.7 Å². The average Bonchev–Trinajstić information content (AvgIpc) is 3.32. The molecule has 0 aliphatic heterocycles. The zero-order chi connectivity index (χ0) is 15.6. The van der Waals surface area contributed by atoms with E-state index >= 15 is 0 Å². The smallest absolute Gasteiger partial charge is 0.203 e. The molecule has 2 aromatic heterocycles. The lowest BCUT2D eigenvalue weighted by Crippen LogP contribution is -2.13. The van der Waals surface area contributed by atoms with E-state index in [1.807, 2.05) is 34.9 Å². The Kier molecular flexibility index (Phi) is 3.57. The van der Waals surface area contributed by atoms with Crippen molar-refractivity contribution in [1.29, 1.82) is 0 Å². The molecule has 1 aliphatic rings. The van der Waals surface area contributed by atoms with Crippen LogP contribution in [0.15, 0.2) is 36.7 Å². The fraction of sp³-hybridized carbons (Fsp3) is 0.353. The van der Waals surface area contributed by atoms with Crippen LogP contribution in [0.2, 0.25) is 0 Å². The molecular formula is C17H19N5O. The third-order valence-electron chi connectivity index (χ3n) is 3.98. The van der Waals surface area contributed by atoms with Crippen molar-refractivity contribution in [2.24, 2.45) is 0 Å². The molecule has 0 radical (unpaired) electrons. The van der Waals surface area contributed by atoms with Crippen LogP contribution in [0, 0.1) is 6.92 Å². The molecule has 1 aliphatic carbocycles. The molecule has 6 heteroatoms. The zero-order valence-electron chi connectivity index (χ0n) is 13.1. The van der Waals surface area contributed by atoms with Crippen molar-refractivity contribution in [3.63, 3.8) is 0 Å². The number of ether oxygens (including phenoxy) is 1. The van der Waals surface area contributed by atoms with Crippen molar-refractivity contribution < 1.29 is 4.74 Å². The quantitative estimate of drug-likeness (QED) is 0.709. The van der Waals surface area contributed by atoms with Crippen molar-refractivity contribution in [1.82, 2.24) is 19.6 Å². The summed E-state index contributed by atoms with van der Waals surface area (Å²) in [4.78, 5) is 4.37. The van der Waals surface area contributed by atoms with Gasteiger partial charge in [0.1, 0.15) is 18.2 Å². The number of fused-ring (bicyclic) bond motifs is 1. The van der Waals surface area contributed by atoms with Gasteiger partial charge in [-0.15, -0.1) is 10.2 Å². The summed E-state index contributed by atoms with van der Waals surface area (Å²) in [6.45, 7) is 3.29. The third kappa shape index (κ3) is 2.97. The minimum absolute atomic E-state index is 0.560. The van der Waals surface area contributed by atoms with Gasteiger partial charge in [0.25, 0.3) is 0 Å². The Hall–Kier alpha value is -2.63. The maximum Gasteiger partial charge on any atom is 0.203 e. The summed E-state index contributed by atoms with van der Waals surface area (Å²) in [6, 6.07) is 8.05. The maximum absolute atomic E-state index is 5.72. The summed E-state index contributed by atoms with van der Waals surface area (Å²) in [6.07, 6.45) is 6.12. The van der Waals surface area contributed by atoms with Gasteiger partial charge in [-0.2, -0.15) is 0 Å². The average molecular weight is 309 g/mol. The normalized spacial score (nSPS) is 14.1. The number of anilines is 1. The topological polar surface area (TPSA) is 64.3 Å². The van der Waals surface area contributed by atoms with Crippen LogP contribution < -0.4 is 10.1 Å². The molecule has 3 aromatic rings. The van der Waals surface area contributed by atoms with E-state index in [0.717, 1.165) is 23.0 Å². The molecule has 6 nitrogen and oxygen atoms in total. The molecule has 23 heavy (non-hydrogen) atoms. The molecule has 1 aromatic carbocycles.